The number of benzene rings is 1. The van der Waals surface area contributed by atoms with Crippen LogP contribution in [-0.2, 0) is 16.8 Å². The third-order valence-electron chi connectivity index (χ3n) is 6.16. The Bertz CT molecular complexity index is 730. The summed E-state index contributed by atoms with van der Waals surface area (Å²) in [6.45, 7) is 3.41. The van der Waals surface area contributed by atoms with Gasteiger partial charge in [-0.15, -0.1) is 0 Å². The molecule has 1 N–H and O–H groups in total. The molecule has 24 heavy (non-hydrogen) atoms. The monoisotopic (exact) mass is 323 g/mol. The molecule has 4 nitrogen and oxygen atoms in total. The third kappa shape index (κ3) is 2.27. The lowest BCUT2D eigenvalue weighted by Gasteiger charge is -2.23. The fraction of sp³-hybridized carbons (Fsp3) is 0.500. The van der Waals surface area contributed by atoms with Gasteiger partial charge in [-0.1, -0.05) is 43.2 Å². The van der Waals surface area contributed by atoms with Crippen molar-refractivity contribution in [3.63, 3.8) is 0 Å². The first-order valence-electron chi connectivity index (χ1n) is 9.00. The number of carbonyl (C=O) groups is 1. The second-order valence-electron chi connectivity index (χ2n) is 7.36. The van der Waals surface area contributed by atoms with E-state index >= 15 is 0 Å². The molecule has 2 aromatic rings. The van der Waals surface area contributed by atoms with Crippen molar-refractivity contribution in [3.8, 4) is 0 Å². The normalized spacial score (nSPS) is 24.2. The predicted octanol–water partition coefficient (Wildman–Crippen LogP) is 3.21. The first-order chi connectivity index (χ1) is 11.7. The van der Waals surface area contributed by atoms with Crippen LogP contribution < -0.4 is 5.32 Å². The van der Waals surface area contributed by atoms with E-state index in [0.29, 0.717) is 6.54 Å². The number of nitrogens with one attached hydrogen (secondary N) is 1. The van der Waals surface area contributed by atoms with Gasteiger partial charge >= 0.3 is 0 Å². The fourth-order valence-corrected chi connectivity index (χ4v) is 4.78. The van der Waals surface area contributed by atoms with Crippen LogP contribution in [-0.4, -0.2) is 22.0 Å². The quantitative estimate of drug-likeness (QED) is 0.918. The Balaban J connectivity index is 1.50. The topological polar surface area (TPSA) is 46.9 Å². The van der Waals surface area contributed by atoms with Crippen LogP contribution >= 0.6 is 0 Å². The molecule has 1 atom stereocenters. The van der Waals surface area contributed by atoms with Crippen LogP contribution in [0.1, 0.15) is 43.5 Å². The second-order valence-corrected chi connectivity index (χ2v) is 7.36. The summed E-state index contributed by atoms with van der Waals surface area (Å²) < 4.78 is 2.08. The SMILES string of the molecule is Cc1nccn1CCNC(=O)[C@]1(c2ccccc2)CC12CCCC2. The molecule has 1 aromatic carbocycles. The summed E-state index contributed by atoms with van der Waals surface area (Å²) in [7, 11) is 0. The maximum Gasteiger partial charge on any atom is 0.231 e. The van der Waals surface area contributed by atoms with E-state index in [9.17, 15) is 4.79 Å². The Morgan fingerprint density at radius 2 is 2.00 bits per heavy atom. The number of carbonyl (C=O) groups excluding carboxylic acids is 1. The molecule has 0 bridgehead atoms. The van der Waals surface area contributed by atoms with Gasteiger partial charge in [-0.05, 0) is 37.2 Å². The van der Waals surface area contributed by atoms with E-state index in [1.807, 2.05) is 19.2 Å². The Kier molecular flexibility index (Phi) is 3.70. The summed E-state index contributed by atoms with van der Waals surface area (Å²) in [5.41, 5.74) is 1.11. The highest BCUT2D eigenvalue weighted by Gasteiger charge is 2.72. The number of nitrogens with zero attached hydrogens (tertiary/aromatic N) is 2. The molecule has 0 saturated heterocycles. The standard InChI is InChI=1S/C20H25N3O/c1-16-21-11-13-23(16)14-12-22-18(24)20(17-7-3-2-4-8-17)15-19(20)9-5-6-10-19/h2-4,7-8,11,13H,5-6,9-10,12,14-15H2,1H3,(H,22,24)/t20-/m1/s1. The molecular weight excluding hydrogens is 298 g/mol. The Morgan fingerprint density at radius 1 is 1.25 bits per heavy atom. The minimum atomic E-state index is -0.297. The van der Waals surface area contributed by atoms with E-state index in [2.05, 4.69) is 39.1 Å². The van der Waals surface area contributed by atoms with E-state index in [4.69, 9.17) is 0 Å². The highest BCUT2D eigenvalue weighted by Crippen LogP contribution is 2.72. The number of aryl methyl sites for hydroxylation is 1. The zero-order valence-electron chi connectivity index (χ0n) is 14.3. The number of aromatic nitrogens is 2. The molecule has 0 unspecified atom stereocenters. The van der Waals surface area contributed by atoms with Crippen molar-refractivity contribution in [1.29, 1.82) is 0 Å². The van der Waals surface area contributed by atoms with E-state index in [0.717, 1.165) is 18.8 Å². The van der Waals surface area contributed by atoms with E-state index in [1.165, 1.54) is 31.2 Å². The predicted molar refractivity (Wildman–Crippen MR) is 93.6 cm³/mol. The zero-order chi connectivity index (χ0) is 16.6. The summed E-state index contributed by atoms with van der Waals surface area (Å²) >= 11 is 0. The zero-order valence-corrected chi connectivity index (χ0v) is 14.3. The Morgan fingerprint density at radius 3 is 2.67 bits per heavy atom. The van der Waals surface area contributed by atoms with Crippen LogP contribution in [0.15, 0.2) is 42.7 Å². The van der Waals surface area contributed by atoms with Crippen molar-refractivity contribution >= 4 is 5.91 Å². The van der Waals surface area contributed by atoms with Gasteiger partial charge in [0.1, 0.15) is 5.82 Å². The van der Waals surface area contributed by atoms with Gasteiger partial charge in [-0.2, -0.15) is 0 Å². The van der Waals surface area contributed by atoms with Gasteiger partial charge in [0.2, 0.25) is 5.91 Å². The van der Waals surface area contributed by atoms with Crippen molar-refractivity contribution in [2.75, 3.05) is 6.54 Å². The van der Waals surface area contributed by atoms with E-state index < -0.39 is 0 Å². The van der Waals surface area contributed by atoms with E-state index in [1.54, 1.807) is 6.20 Å². The lowest BCUT2D eigenvalue weighted by molar-refractivity contribution is -0.124. The van der Waals surface area contributed by atoms with Gasteiger partial charge in [-0.25, -0.2) is 4.98 Å². The van der Waals surface area contributed by atoms with Crippen LogP contribution in [0.3, 0.4) is 0 Å². The van der Waals surface area contributed by atoms with Gasteiger partial charge in [0.05, 0.1) is 5.41 Å². The van der Waals surface area contributed by atoms with Crippen molar-refractivity contribution in [2.45, 2.75) is 51.0 Å². The molecule has 126 valence electrons. The number of amides is 1. The number of rotatable bonds is 5. The molecule has 2 aliphatic carbocycles. The first kappa shape index (κ1) is 15.4. The molecule has 0 radical (unpaired) electrons. The van der Waals surface area contributed by atoms with Crippen molar-refractivity contribution < 1.29 is 4.79 Å². The van der Waals surface area contributed by atoms with E-state index in [-0.39, 0.29) is 16.7 Å². The average Bonchev–Trinajstić information content (AvgIpc) is 2.87. The summed E-state index contributed by atoms with van der Waals surface area (Å²) in [5.74, 6) is 1.20. The smallest absolute Gasteiger partial charge is 0.231 e. The number of imidazole rings is 1. The van der Waals surface area contributed by atoms with Crippen LogP contribution in [0.5, 0.6) is 0 Å². The Hall–Kier alpha value is -2.10. The second kappa shape index (κ2) is 5.76. The van der Waals surface area contributed by atoms with Crippen molar-refractivity contribution in [2.24, 2.45) is 5.41 Å². The summed E-state index contributed by atoms with van der Waals surface area (Å²) in [6.07, 6.45) is 9.68. The molecule has 4 heteroatoms. The van der Waals surface area contributed by atoms with Crippen LogP contribution in [0.4, 0.5) is 0 Å². The summed E-state index contributed by atoms with van der Waals surface area (Å²) in [5, 5.41) is 3.21. The molecule has 1 aromatic heterocycles. The maximum absolute atomic E-state index is 13.2. The molecule has 4 rings (SSSR count). The van der Waals surface area contributed by atoms with Crippen LogP contribution in [0.25, 0.3) is 0 Å². The van der Waals surface area contributed by atoms with Gasteiger partial charge in [0.25, 0.3) is 0 Å². The van der Waals surface area contributed by atoms with Crippen LogP contribution in [0, 0.1) is 12.3 Å². The minimum absolute atomic E-state index is 0.212. The van der Waals surface area contributed by atoms with Gasteiger partial charge < -0.3 is 9.88 Å². The summed E-state index contributed by atoms with van der Waals surface area (Å²) in [4.78, 5) is 17.4. The van der Waals surface area contributed by atoms with Gasteiger partial charge in [-0.3, -0.25) is 4.79 Å². The number of hydrogen-bond acceptors (Lipinski definition) is 2. The highest BCUT2D eigenvalue weighted by atomic mass is 16.2. The molecular formula is C20H25N3O. The fourth-order valence-electron chi connectivity index (χ4n) is 4.78. The van der Waals surface area contributed by atoms with Gasteiger partial charge in [0, 0.05) is 25.5 Å². The molecule has 2 saturated carbocycles. The minimum Gasteiger partial charge on any atom is -0.354 e. The summed E-state index contributed by atoms with van der Waals surface area (Å²) in [6, 6.07) is 10.4. The third-order valence-corrected chi connectivity index (χ3v) is 6.16. The maximum atomic E-state index is 13.2. The molecule has 1 heterocycles. The highest BCUT2D eigenvalue weighted by molar-refractivity contribution is 5.93. The molecule has 1 spiro atoms. The Labute approximate surface area is 143 Å². The molecule has 0 aliphatic heterocycles. The van der Waals surface area contributed by atoms with Crippen molar-refractivity contribution in [3.05, 3.63) is 54.1 Å². The largest absolute Gasteiger partial charge is 0.354 e. The molecule has 2 aliphatic rings. The first-order valence-corrected chi connectivity index (χ1v) is 9.00. The lowest BCUT2D eigenvalue weighted by Crippen LogP contribution is -2.39. The van der Waals surface area contributed by atoms with Gasteiger partial charge in [0.15, 0.2) is 0 Å². The molecule has 1 amide bonds. The number of hydrogen-bond donors (Lipinski definition) is 1. The van der Waals surface area contributed by atoms with Crippen LogP contribution in [0.2, 0.25) is 0 Å². The van der Waals surface area contributed by atoms with Crippen molar-refractivity contribution in [1.82, 2.24) is 14.9 Å². The molecule has 2 fully saturated rings. The lowest BCUT2D eigenvalue weighted by atomic mass is 9.84. The average molecular weight is 323 g/mol.